The molecule has 1 aromatic heterocycles. The molecular formula is C6H6ClN3O2. The van der Waals surface area contributed by atoms with Crippen LogP contribution in [0.2, 0.25) is 5.28 Å². The highest BCUT2D eigenvalue weighted by Gasteiger charge is 1.96. The maximum atomic E-state index is 10.6. The number of ether oxygens (including phenoxy) is 1. The number of carbonyl (C=O) groups excluding carboxylic acids is 1. The average molecular weight is 188 g/mol. The third-order valence-corrected chi connectivity index (χ3v) is 1.21. The Morgan fingerprint density at radius 3 is 3.00 bits per heavy atom. The van der Waals surface area contributed by atoms with Gasteiger partial charge in [0.2, 0.25) is 5.28 Å². The van der Waals surface area contributed by atoms with E-state index in [1.54, 1.807) is 0 Å². The van der Waals surface area contributed by atoms with Gasteiger partial charge in [-0.2, -0.15) is 10.1 Å². The third-order valence-electron chi connectivity index (χ3n) is 1.05. The summed E-state index contributed by atoms with van der Waals surface area (Å²) in [4.78, 5) is 14.3. The van der Waals surface area contributed by atoms with Crippen LogP contribution in [-0.2, 0) is 9.53 Å². The predicted molar refractivity (Wildman–Crippen MR) is 42.4 cm³/mol. The van der Waals surface area contributed by atoms with E-state index in [9.17, 15) is 4.79 Å². The minimum Gasteiger partial charge on any atom is -0.466 e. The van der Waals surface area contributed by atoms with Crippen molar-refractivity contribution in [2.24, 2.45) is 0 Å². The van der Waals surface area contributed by atoms with Gasteiger partial charge in [-0.3, -0.25) is 0 Å². The Morgan fingerprint density at radius 2 is 2.50 bits per heavy atom. The fourth-order valence-electron chi connectivity index (χ4n) is 0.539. The van der Waals surface area contributed by atoms with E-state index in [1.807, 2.05) is 0 Å². The molecule has 0 aliphatic carbocycles. The van der Waals surface area contributed by atoms with Crippen LogP contribution in [-0.4, -0.2) is 28.3 Å². The van der Waals surface area contributed by atoms with Crippen LogP contribution in [0.4, 0.5) is 0 Å². The van der Waals surface area contributed by atoms with Gasteiger partial charge in [-0.15, -0.1) is 0 Å². The van der Waals surface area contributed by atoms with Crippen LogP contribution < -0.4 is 0 Å². The molecule has 0 amide bonds. The third kappa shape index (κ3) is 2.35. The molecule has 0 atom stereocenters. The Kier molecular flexibility index (Phi) is 2.82. The molecule has 0 aliphatic rings. The summed E-state index contributed by atoms with van der Waals surface area (Å²) in [5.41, 5.74) is 0. The summed E-state index contributed by atoms with van der Waals surface area (Å²) >= 11 is 5.43. The molecule has 1 aromatic rings. The van der Waals surface area contributed by atoms with Gasteiger partial charge in [-0.1, -0.05) is 0 Å². The van der Waals surface area contributed by atoms with Crippen molar-refractivity contribution in [2.75, 3.05) is 7.11 Å². The lowest BCUT2D eigenvalue weighted by Crippen LogP contribution is -1.93. The summed E-state index contributed by atoms with van der Waals surface area (Å²) in [5.74, 6) is -0.124. The van der Waals surface area contributed by atoms with Gasteiger partial charge in [-0.25, -0.2) is 9.89 Å². The predicted octanol–water partition coefficient (Wildman–Crippen LogP) is 0.644. The molecule has 0 bridgehead atoms. The molecule has 1 rings (SSSR count). The van der Waals surface area contributed by atoms with Crippen molar-refractivity contribution in [3.8, 4) is 0 Å². The van der Waals surface area contributed by atoms with Crippen molar-refractivity contribution in [1.29, 1.82) is 0 Å². The van der Waals surface area contributed by atoms with Crippen molar-refractivity contribution in [3.63, 3.8) is 0 Å². The fraction of sp³-hybridized carbons (Fsp3) is 0.167. The van der Waals surface area contributed by atoms with Crippen LogP contribution in [0.3, 0.4) is 0 Å². The Hall–Kier alpha value is -1.36. The molecule has 6 heteroatoms. The minimum absolute atomic E-state index is 0.180. The number of nitrogens with one attached hydrogen (secondary N) is 1. The van der Waals surface area contributed by atoms with E-state index in [0.29, 0.717) is 5.82 Å². The molecule has 0 fully saturated rings. The maximum absolute atomic E-state index is 10.6. The molecule has 0 unspecified atom stereocenters. The number of hydrogen-bond acceptors (Lipinski definition) is 4. The Bertz CT molecular complexity index is 307. The number of H-pyrrole nitrogens is 1. The standard InChI is InChI=1S/C6H6ClN3O2/c1-12-5(11)3-2-4-8-6(7)10-9-4/h2-3H,1H3,(H,8,9,10)/b3-2-. The van der Waals surface area contributed by atoms with Gasteiger partial charge in [0.15, 0.2) is 5.82 Å². The lowest BCUT2D eigenvalue weighted by molar-refractivity contribution is -0.134. The van der Waals surface area contributed by atoms with Crippen LogP contribution in [0.1, 0.15) is 5.82 Å². The first-order valence-corrected chi connectivity index (χ1v) is 3.44. The highest BCUT2D eigenvalue weighted by molar-refractivity contribution is 6.28. The fourth-order valence-corrected chi connectivity index (χ4v) is 0.668. The van der Waals surface area contributed by atoms with E-state index >= 15 is 0 Å². The van der Waals surface area contributed by atoms with Gasteiger partial charge < -0.3 is 4.74 Å². The normalized spacial score (nSPS) is 10.5. The molecule has 0 spiro atoms. The summed E-state index contributed by atoms with van der Waals surface area (Å²) in [6, 6.07) is 0. The number of halogens is 1. The van der Waals surface area contributed by atoms with Crippen molar-refractivity contribution >= 4 is 23.6 Å². The molecule has 64 valence electrons. The number of aromatic amines is 1. The molecule has 0 aromatic carbocycles. The number of esters is 1. The van der Waals surface area contributed by atoms with Crippen molar-refractivity contribution in [1.82, 2.24) is 15.2 Å². The van der Waals surface area contributed by atoms with Gasteiger partial charge in [0.1, 0.15) is 0 Å². The molecule has 5 nitrogen and oxygen atoms in total. The SMILES string of the molecule is COC(=O)/C=C\c1n[nH]c(Cl)n1. The highest BCUT2D eigenvalue weighted by atomic mass is 35.5. The van der Waals surface area contributed by atoms with Crippen molar-refractivity contribution in [3.05, 3.63) is 17.2 Å². The van der Waals surface area contributed by atoms with Crippen LogP contribution in [0, 0.1) is 0 Å². The number of aromatic nitrogens is 3. The Labute approximate surface area is 73.4 Å². The summed E-state index contributed by atoms with van der Waals surface area (Å²) in [5, 5.41) is 6.25. The lowest BCUT2D eigenvalue weighted by Gasteiger charge is -1.86. The summed E-state index contributed by atoms with van der Waals surface area (Å²) < 4.78 is 4.35. The summed E-state index contributed by atoms with van der Waals surface area (Å²) in [6.07, 6.45) is 2.60. The molecule has 0 saturated carbocycles. The van der Waals surface area contributed by atoms with Gasteiger partial charge in [-0.05, 0) is 17.7 Å². The topological polar surface area (TPSA) is 67.9 Å². The average Bonchev–Trinajstić information content (AvgIpc) is 2.47. The largest absolute Gasteiger partial charge is 0.466 e. The first-order valence-electron chi connectivity index (χ1n) is 3.06. The van der Waals surface area contributed by atoms with Crippen molar-refractivity contribution in [2.45, 2.75) is 0 Å². The molecule has 1 N–H and O–H groups in total. The van der Waals surface area contributed by atoms with Gasteiger partial charge in [0.25, 0.3) is 0 Å². The lowest BCUT2D eigenvalue weighted by atomic mass is 10.5. The number of nitrogens with zero attached hydrogens (tertiary/aromatic N) is 2. The monoisotopic (exact) mass is 187 g/mol. The minimum atomic E-state index is -0.462. The van der Waals surface area contributed by atoms with E-state index in [0.717, 1.165) is 0 Å². The van der Waals surface area contributed by atoms with E-state index in [2.05, 4.69) is 19.9 Å². The van der Waals surface area contributed by atoms with Crippen LogP contribution in [0.5, 0.6) is 0 Å². The van der Waals surface area contributed by atoms with Gasteiger partial charge in [0.05, 0.1) is 7.11 Å². The first kappa shape index (κ1) is 8.73. The Morgan fingerprint density at radius 1 is 1.75 bits per heavy atom. The highest BCUT2D eigenvalue weighted by Crippen LogP contribution is 2.00. The summed E-state index contributed by atoms with van der Waals surface area (Å²) in [7, 11) is 1.29. The Balaban J connectivity index is 2.63. The molecule has 0 saturated heterocycles. The van der Waals surface area contributed by atoms with Crippen molar-refractivity contribution < 1.29 is 9.53 Å². The van der Waals surface area contributed by atoms with Gasteiger partial charge >= 0.3 is 5.97 Å². The van der Waals surface area contributed by atoms with Crippen LogP contribution in [0.25, 0.3) is 6.08 Å². The summed E-state index contributed by atoms with van der Waals surface area (Å²) in [6.45, 7) is 0. The van der Waals surface area contributed by atoms with E-state index in [4.69, 9.17) is 11.6 Å². The van der Waals surface area contributed by atoms with Gasteiger partial charge in [0, 0.05) is 6.08 Å². The van der Waals surface area contributed by atoms with E-state index in [-0.39, 0.29) is 5.28 Å². The number of methoxy groups -OCH3 is 1. The second kappa shape index (κ2) is 3.87. The zero-order valence-electron chi connectivity index (χ0n) is 6.24. The first-order chi connectivity index (χ1) is 5.72. The molecule has 12 heavy (non-hydrogen) atoms. The molecule has 0 aliphatic heterocycles. The van der Waals surface area contributed by atoms with E-state index in [1.165, 1.54) is 19.3 Å². The van der Waals surface area contributed by atoms with E-state index < -0.39 is 5.97 Å². The zero-order valence-corrected chi connectivity index (χ0v) is 7.00. The molecule has 1 heterocycles. The maximum Gasteiger partial charge on any atom is 0.330 e. The number of rotatable bonds is 2. The van der Waals surface area contributed by atoms with Crippen LogP contribution in [0.15, 0.2) is 6.08 Å². The number of hydrogen-bond donors (Lipinski definition) is 1. The molecular weight excluding hydrogens is 182 g/mol. The second-order valence-corrected chi connectivity index (χ2v) is 2.20. The number of carbonyl (C=O) groups is 1. The van der Waals surface area contributed by atoms with Crippen LogP contribution >= 0.6 is 11.6 Å². The zero-order chi connectivity index (χ0) is 8.97. The smallest absolute Gasteiger partial charge is 0.330 e. The molecule has 0 radical (unpaired) electrons. The quantitative estimate of drug-likeness (QED) is 0.545. The second-order valence-electron chi connectivity index (χ2n) is 1.84.